The molecule has 20 heavy (non-hydrogen) atoms. The van der Waals surface area contributed by atoms with Crippen LogP contribution in [0.5, 0.6) is 0 Å². The van der Waals surface area contributed by atoms with Crippen molar-refractivity contribution in [1.82, 2.24) is 4.90 Å². The predicted molar refractivity (Wildman–Crippen MR) is 72.7 cm³/mol. The largest absolute Gasteiger partial charge is 0.382 e. The van der Waals surface area contributed by atoms with Crippen molar-refractivity contribution in [1.29, 1.82) is 0 Å². The van der Waals surface area contributed by atoms with Crippen LogP contribution in [0.2, 0.25) is 0 Å². The third kappa shape index (κ3) is 4.28. The third-order valence-electron chi connectivity index (χ3n) is 3.26. The van der Waals surface area contributed by atoms with Gasteiger partial charge in [-0.2, -0.15) is 0 Å². The maximum atomic E-state index is 13.7. The van der Waals surface area contributed by atoms with Crippen LogP contribution < -0.4 is 0 Å². The van der Waals surface area contributed by atoms with E-state index in [0.29, 0.717) is 25.3 Å². The van der Waals surface area contributed by atoms with Gasteiger partial charge in [0.2, 0.25) is 5.91 Å². The Hall–Kier alpha value is -1.46. The van der Waals surface area contributed by atoms with Crippen LogP contribution in [0.4, 0.5) is 4.39 Å². The fourth-order valence-electron chi connectivity index (χ4n) is 2.00. The van der Waals surface area contributed by atoms with Crippen LogP contribution in [0, 0.1) is 5.82 Å². The summed E-state index contributed by atoms with van der Waals surface area (Å²) in [6.07, 6.45) is 1.97. The molecule has 0 saturated heterocycles. The molecule has 0 aliphatic heterocycles. The van der Waals surface area contributed by atoms with Crippen LogP contribution >= 0.6 is 0 Å². The quantitative estimate of drug-likeness (QED) is 0.684. The summed E-state index contributed by atoms with van der Waals surface area (Å²) in [4.78, 5) is 13.9. The second kappa shape index (κ2) is 7.36. The van der Waals surface area contributed by atoms with Gasteiger partial charge in [0, 0.05) is 25.3 Å². The van der Waals surface area contributed by atoms with E-state index in [1.807, 2.05) is 0 Å². The number of ether oxygens (including phenoxy) is 2. The molecule has 1 saturated carbocycles. The summed E-state index contributed by atoms with van der Waals surface area (Å²) in [7, 11) is 1.58. The lowest BCUT2D eigenvalue weighted by atomic mass is 10.2. The summed E-state index contributed by atoms with van der Waals surface area (Å²) >= 11 is 0. The Bertz CT molecular complexity index is 448. The Kier molecular flexibility index (Phi) is 5.49. The minimum absolute atomic E-state index is 0.0221. The van der Waals surface area contributed by atoms with Crippen molar-refractivity contribution < 1.29 is 18.7 Å². The second-order valence-corrected chi connectivity index (χ2v) is 4.89. The molecule has 0 atom stereocenters. The number of carbonyl (C=O) groups excluding carboxylic acids is 1. The number of methoxy groups -OCH3 is 1. The number of nitrogens with zero attached hydrogens (tertiary/aromatic N) is 1. The van der Waals surface area contributed by atoms with Crippen LogP contribution in [0.25, 0.3) is 0 Å². The maximum Gasteiger partial charge on any atom is 0.249 e. The first-order valence-corrected chi connectivity index (χ1v) is 6.82. The number of hydrogen-bond donors (Lipinski definition) is 0. The van der Waals surface area contributed by atoms with E-state index >= 15 is 0 Å². The Balaban J connectivity index is 1.90. The molecule has 1 amide bonds. The smallest absolute Gasteiger partial charge is 0.249 e. The molecular weight excluding hydrogens is 261 g/mol. The number of amides is 1. The van der Waals surface area contributed by atoms with Gasteiger partial charge in [-0.05, 0) is 18.9 Å². The molecule has 0 spiro atoms. The minimum Gasteiger partial charge on any atom is -0.382 e. The highest BCUT2D eigenvalue weighted by Crippen LogP contribution is 2.28. The summed E-state index contributed by atoms with van der Waals surface area (Å²) in [6, 6.07) is 6.79. The van der Waals surface area contributed by atoms with Gasteiger partial charge in [0.15, 0.2) is 0 Å². The van der Waals surface area contributed by atoms with E-state index in [-0.39, 0.29) is 24.4 Å². The number of halogens is 1. The van der Waals surface area contributed by atoms with E-state index in [1.165, 1.54) is 6.07 Å². The Morgan fingerprint density at radius 1 is 1.35 bits per heavy atom. The third-order valence-corrected chi connectivity index (χ3v) is 3.26. The fraction of sp³-hybridized carbons (Fsp3) is 0.533. The zero-order valence-electron chi connectivity index (χ0n) is 11.7. The molecule has 1 fully saturated rings. The van der Waals surface area contributed by atoms with Gasteiger partial charge >= 0.3 is 0 Å². The summed E-state index contributed by atoms with van der Waals surface area (Å²) in [5.41, 5.74) is 0.546. The van der Waals surface area contributed by atoms with Crippen LogP contribution in [-0.2, 0) is 20.8 Å². The van der Waals surface area contributed by atoms with Gasteiger partial charge in [-0.3, -0.25) is 4.79 Å². The van der Waals surface area contributed by atoms with Gasteiger partial charge in [-0.15, -0.1) is 0 Å². The lowest BCUT2D eigenvalue weighted by Crippen LogP contribution is -2.36. The highest BCUT2D eigenvalue weighted by molar-refractivity contribution is 5.78. The van der Waals surface area contributed by atoms with Gasteiger partial charge in [-0.25, -0.2) is 4.39 Å². The van der Waals surface area contributed by atoms with E-state index < -0.39 is 0 Å². The Morgan fingerprint density at radius 2 is 2.10 bits per heavy atom. The van der Waals surface area contributed by atoms with E-state index in [1.54, 1.807) is 30.2 Å². The monoisotopic (exact) mass is 281 g/mol. The lowest BCUT2D eigenvalue weighted by Gasteiger charge is -2.22. The second-order valence-electron chi connectivity index (χ2n) is 4.89. The molecule has 1 aromatic rings. The van der Waals surface area contributed by atoms with Crippen molar-refractivity contribution in [3.63, 3.8) is 0 Å². The van der Waals surface area contributed by atoms with Gasteiger partial charge in [0.05, 0.1) is 13.2 Å². The van der Waals surface area contributed by atoms with Crippen LogP contribution in [0.1, 0.15) is 18.4 Å². The van der Waals surface area contributed by atoms with Gasteiger partial charge in [0.25, 0.3) is 0 Å². The SMILES string of the molecule is COCCOCC(=O)N(Cc1ccccc1F)C1CC1. The zero-order valence-corrected chi connectivity index (χ0v) is 11.7. The van der Waals surface area contributed by atoms with Crippen LogP contribution in [-0.4, -0.2) is 43.8 Å². The molecule has 0 bridgehead atoms. The van der Waals surface area contributed by atoms with Crippen molar-refractivity contribution in [2.45, 2.75) is 25.4 Å². The molecule has 5 heteroatoms. The van der Waals surface area contributed by atoms with Crippen LogP contribution in [0.3, 0.4) is 0 Å². The predicted octanol–water partition coefficient (Wildman–Crippen LogP) is 1.98. The Labute approximate surface area is 118 Å². The van der Waals surface area contributed by atoms with Gasteiger partial charge in [-0.1, -0.05) is 18.2 Å². The first-order chi connectivity index (χ1) is 9.72. The van der Waals surface area contributed by atoms with E-state index in [2.05, 4.69) is 0 Å². The Morgan fingerprint density at radius 3 is 2.75 bits per heavy atom. The van der Waals surface area contributed by atoms with Crippen molar-refractivity contribution >= 4 is 5.91 Å². The highest BCUT2D eigenvalue weighted by atomic mass is 19.1. The zero-order chi connectivity index (χ0) is 14.4. The summed E-state index contributed by atoms with van der Waals surface area (Å²) in [6.45, 7) is 1.18. The first kappa shape index (κ1) is 14.9. The molecule has 110 valence electrons. The summed E-state index contributed by atoms with van der Waals surface area (Å²) in [5.74, 6) is -0.363. The molecule has 1 aromatic carbocycles. The average molecular weight is 281 g/mol. The van der Waals surface area contributed by atoms with Gasteiger partial charge in [0.1, 0.15) is 12.4 Å². The fourth-order valence-corrected chi connectivity index (χ4v) is 2.00. The number of benzene rings is 1. The van der Waals surface area contributed by atoms with Crippen molar-refractivity contribution in [3.05, 3.63) is 35.6 Å². The topological polar surface area (TPSA) is 38.8 Å². The molecule has 0 radical (unpaired) electrons. The first-order valence-electron chi connectivity index (χ1n) is 6.82. The molecule has 2 rings (SSSR count). The number of rotatable bonds is 8. The molecule has 1 aliphatic rings. The average Bonchev–Trinajstić information content (AvgIpc) is 3.27. The molecule has 0 N–H and O–H groups in total. The van der Waals surface area contributed by atoms with Crippen molar-refractivity contribution in [3.8, 4) is 0 Å². The minimum atomic E-state index is -0.272. The van der Waals surface area contributed by atoms with Gasteiger partial charge < -0.3 is 14.4 Å². The molecular formula is C15H20FNO3. The molecule has 1 aliphatic carbocycles. The van der Waals surface area contributed by atoms with E-state index in [4.69, 9.17) is 9.47 Å². The summed E-state index contributed by atoms with van der Waals surface area (Å²) < 4.78 is 23.8. The van der Waals surface area contributed by atoms with E-state index in [9.17, 15) is 9.18 Å². The van der Waals surface area contributed by atoms with Crippen molar-refractivity contribution in [2.75, 3.05) is 26.9 Å². The van der Waals surface area contributed by atoms with E-state index in [0.717, 1.165) is 12.8 Å². The molecule has 0 heterocycles. The molecule has 0 unspecified atom stereocenters. The maximum absolute atomic E-state index is 13.7. The summed E-state index contributed by atoms with van der Waals surface area (Å²) in [5, 5.41) is 0. The molecule has 4 nitrogen and oxygen atoms in total. The van der Waals surface area contributed by atoms with Crippen molar-refractivity contribution in [2.24, 2.45) is 0 Å². The molecule has 0 aromatic heterocycles. The standard InChI is InChI=1S/C15H20FNO3/c1-19-8-9-20-11-15(18)17(13-6-7-13)10-12-4-2-3-5-14(12)16/h2-5,13H,6-11H2,1H3. The van der Waals surface area contributed by atoms with Crippen LogP contribution in [0.15, 0.2) is 24.3 Å². The lowest BCUT2D eigenvalue weighted by molar-refractivity contribution is -0.137. The number of carbonyl (C=O) groups is 1. The normalized spacial score (nSPS) is 14.3. The number of hydrogen-bond acceptors (Lipinski definition) is 3. The highest BCUT2D eigenvalue weighted by Gasteiger charge is 2.32.